The second-order valence-corrected chi connectivity index (χ2v) is 7.81. The van der Waals surface area contributed by atoms with E-state index in [1.165, 1.54) is 39.5 Å². The van der Waals surface area contributed by atoms with Gasteiger partial charge in [-0.2, -0.15) is 4.57 Å². The van der Waals surface area contributed by atoms with Gasteiger partial charge in [0, 0.05) is 23.6 Å². The maximum absolute atomic E-state index is 2.50. The monoisotopic (exact) mass is 331 g/mol. The number of fused-ring (bicyclic) bond motifs is 3. The van der Waals surface area contributed by atoms with Crippen molar-refractivity contribution in [1.82, 2.24) is 4.57 Å². The van der Waals surface area contributed by atoms with Crippen LogP contribution in [0.2, 0.25) is 0 Å². The van der Waals surface area contributed by atoms with Crippen molar-refractivity contribution in [2.24, 2.45) is 0 Å². The molecule has 2 heterocycles. The minimum absolute atomic E-state index is 0.493. The predicted octanol–water partition coefficient (Wildman–Crippen LogP) is 5.35. The summed E-state index contributed by atoms with van der Waals surface area (Å²) in [7, 11) is 0. The lowest BCUT2D eigenvalue weighted by Crippen LogP contribution is -2.30. The van der Waals surface area contributed by atoms with Gasteiger partial charge < -0.3 is 0 Å². The van der Waals surface area contributed by atoms with Crippen LogP contribution in [0.1, 0.15) is 61.9 Å². The van der Waals surface area contributed by atoms with Crippen molar-refractivity contribution < 1.29 is 4.57 Å². The van der Waals surface area contributed by atoms with E-state index in [4.69, 9.17) is 0 Å². The second-order valence-electron chi connectivity index (χ2n) is 7.81. The number of aryl methyl sites for hydroxylation is 1. The zero-order valence-electron chi connectivity index (χ0n) is 15.9. The van der Waals surface area contributed by atoms with Crippen molar-refractivity contribution in [2.45, 2.75) is 53.0 Å². The molecule has 25 heavy (non-hydrogen) atoms. The van der Waals surface area contributed by atoms with Crippen LogP contribution in [0.3, 0.4) is 0 Å². The first kappa shape index (κ1) is 16.1. The van der Waals surface area contributed by atoms with Crippen LogP contribution in [0.4, 0.5) is 0 Å². The van der Waals surface area contributed by atoms with Crippen molar-refractivity contribution in [3.8, 4) is 17.1 Å². The van der Waals surface area contributed by atoms with Gasteiger partial charge in [0.2, 0.25) is 0 Å². The normalized spacial score (nSPS) is 12.8. The molecule has 0 saturated heterocycles. The Morgan fingerprint density at radius 3 is 2.16 bits per heavy atom. The van der Waals surface area contributed by atoms with E-state index in [1.807, 2.05) is 0 Å². The summed E-state index contributed by atoms with van der Waals surface area (Å²) < 4.78 is 4.90. The fourth-order valence-electron chi connectivity index (χ4n) is 4.15. The molecule has 2 aromatic carbocycles. The van der Waals surface area contributed by atoms with E-state index in [9.17, 15) is 0 Å². The van der Waals surface area contributed by atoms with Crippen LogP contribution in [0, 0.1) is 6.92 Å². The molecule has 0 amide bonds. The lowest BCUT2D eigenvalue weighted by molar-refractivity contribution is -0.671. The molecule has 0 unspecified atom stereocenters. The largest absolute Gasteiger partial charge is 0.295 e. The number of hydrogen-bond donors (Lipinski definition) is 0. The third-order valence-electron chi connectivity index (χ3n) is 5.34. The molecule has 2 heteroatoms. The Labute approximate surface area is 150 Å². The van der Waals surface area contributed by atoms with Crippen molar-refractivity contribution in [3.05, 3.63) is 71.0 Å². The average Bonchev–Trinajstić information content (AvgIpc) is 3.08. The zero-order chi connectivity index (χ0) is 17.7. The first-order valence-corrected chi connectivity index (χ1v) is 9.32. The van der Waals surface area contributed by atoms with Gasteiger partial charge in [0.1, 0.15) is 24.1 Å². The van der Waals surface area contributed by atoms with Crippen molar-refractivity contribution in [3.63, 3.8) is 0 Å². The average molecular weight is 331 g/mol. The van der Waals surface area contributed by atoms with Crippen LogP contribution in [-0.4, -0.2) is 4.57 Å². The Kier molecular flexibility index (Phi) is 3.79. The number of rotatable bonds is 3. The van der Waals surface area contributed by atoms with Crippen LogP contribution in [-0.2, 0) is 6.54 Å². The molecule has 1 aliphatic heterocycles. The van der Waals surface area contributed by atoms with Gasteiger partial charge in [0.15, 0.2) is 0 Å². The van der Waals surface area contributed by atoms with Crippen molar-refractivity contribution >= 4 is 0 Å². The molecule has 0 spiro atoms. The zero-order valence-corrected chi connectivity index (χ0v) is 15.9. The van der Waals surface area contributed by atoms with Crippen LogP contribution in [0.15, 0.2) is 48.7 Å². The Balaban J connectivity index is 2.07. The first-order valence-electron chi connectivity index (χ1n) is 9.32. The van der Waals surface area contributed by atoms with Crippen LogP contribution in [0.5, 0.6) is 0 Å². The third kappa shape index (κ3) is 2.43. The molecular formula is C23H27N2+. The molecule has 0 bridgehead atoms. The molecule has 0 N–H and O–H groups in total. The van der Waals surface area contributed by atoms with E-state index in [2.05, 4.69) is 92.4 Å². The molecule has 3 aromatic rings. The smallest absolute Gasteiger partial charge is 0.225 e. The quantitative estimate of drug-likeness (QED) is 0.448. The summed E-state index contributed by atoms with van der Waals surface area (Å²) in [5, 5.41) is 0. The highest BCUT2D eigenvalue weighted by atomic mass is 15.2. The summed E-state index contributed by atoms with van der Waals surface area (Å²) in [4.78, 5) is 0. The summed E-state index contributed by atoms with van der Waals surface area (Å²) in [5.74, 6) is 2.31. The molecule has 0 aliphatic carbocycles. The van der Waals surface area contributed by atoms with Gasteiger partial charge in [-0.3, -0.25) is 0 Å². The van der Waals surface area contributed by atoms with Gasteiger partial charge in [-0.05, 0) is 17.9 Å². The molecular weight excluding hydrogens is 304 g/mol. The topological polar surface area (TPSA) is 8.81 Å². The van der Waals surface area contributed by atoms with Gasteiger partial charge in [-0.1, -0.05) is 64.1 Å². The fraction of sp³-hybridized carbons (Fsp3) is 0.348. The van der Waals surface area contributed by atoms with Gasteiger partial charge >= 0.3 is 0 Å². The SMILES string of the molecule is Cc1c[n+]2c(n1-c1c(C(C)C)cccc1C(C)C)-c1ccccc1C2. The highest BCUT2D eigenvalue weighted by Crippen LogP contribution is 2.36. The van der Waals surface area contributed by atoms with E-state index in [1.54, 1.807) is 0 Å². The highest BCUT2D eigenvalue weighted by molar-refractivity contribution is 5.65. The molecule has 0 radical (unpaired) electrons. The van der Waals surface area contributed by atoms with Crippen molar-refractivity contribution in [2.75, 3.05) is 0 Å². The van der Waals surface area contributed by atoms with E-state index in [0.717, 1.165) is 6.54 Å². The summed E-state index contributed by atoms with van der Waals surface area (Å²) >= 11 is 0. The van der Waals surface area contributed by atoms with Gasteiger partial charge in [0.05, 0.1) is 5.56 Å². The van der Waals surface area contributed by atoms with Crippen LogP contribution in [0.25, 0.3) is 17.1 Å². The maximum Gasteiger partial charge on any atom is 0.295 e. The Morgan fingerprint density at radius 1 is 0.880 bits per heavy atom. The third-order valence-corrected chi connectivity index (χ3v) is 5.34. The predicted molar refractivity (Wildman–Crippen MR) is 103 cm³/mol. The lowest BCUT2D eigenvalue weighted by atomic mass is 9.92. The van der Waals surface area contributed by atoms with E-state index >= 15 is 0 Å². The van der Waals surface area contributed by atoms with Gasteiger partial charge in [0.25, 0.3) is 5.82 Å². The minimum atomic E-state index is 0.493. The van der Waals surface area contributed by atoms with Crippen LogP contribution >= 0.6 is 0 Å². The van der Waals surface area contributed by atoms with Gasteiger partial charge in [-0.25, -0.2) is 4.57 Å². The summed E-state index contributed by atoms with van der Waals surface area (Å²) in [5.41, 5.74) is 8.33. The fourth-order valence-corrected chi connectivity index (χ4v) is 4.15. The number of imidazole rings is 1. The van der Waals surface area contributed by atoms with E-state index < -0.39 is 0 Å². The Morgan fingerprint density at radius 2 is 1.52 bits per heavy atom. The highest BCUT2D eigenvalue weighted by Gasteiger charge is 2.34. The summed E-state index contributed by atoms with van der Waals surface area (Å²) in [6.07, 6.45) is 2.30. The molecule has 1 aromatic heterocycles. The minimum Gasteiger partial charge on any atom is -0.225 e. The number of benzene rings is 2. The Bertz CT molecular complexity index is 918. The molecule has 1 aliphatic rings. The maximum atomic E-state index is 2.50. The number of para-hydroxylation sites is 1. The molecule has 2 nitrogen and oxygen atoms in total. The summed E-state index contributed by atoms with van der Waals surface area (Å²) in [6.45, 7) is 12.4. The van der Waals surface area contributed by atoms with Gasteiger partial charge in [-0.15, -0.1) is 0 Å². The Hall–Kier alpha value is -2.35. The molecule has 128 valence electrons. The second kappa shape index (κ2) is 5.87. The number of hydrogen-bond acceptors (Lipinski definition) is 0. The van der Waals surface area contributed by atoms with E-state index in [-0.39, 0.29) is 0 Å². The number of nitrogens with zero attached hydrogens (tertiary/aromatic N) is 2. The number of aromatic nitrogens is 2. The lowest BCUT2D eigenvalue weighted by Gasteiger charge is -2.18. The standard InChI is InChI=1S/C23H27N2/c1-15(2)19-11-8-12-20(16(3)4)22(19)25-17(5)13-24-14-18-9-6-7-10-21(18)23(24)25/h6-13,15-16H,14H2,1-5H3/q+1. The summed E-state index contributed by atoms with van der Waals surface area (Å²) in [6, 6.07) is 15.6. The molecule has 0 saturated carbocycles. The molecule has 0 atom stereocenters. The molecule has 4 rings (SSSR count). The van der Waals surface area contributed by atoms with E-state index in [0.29, 0.717) is 11.8 Å². The van der Waals surface area contributed by atoms with Crippen molar-refractivity contribution in [1.29, 1.82) is 0 Å². The first-order chi connectivity index (χ1) is 12.0. The van der Waals surface area contributed by atoms with Crippen LogP contribution < -0.4 is 4.57 Å². The molecule has 0 fully saturated rings.